The Hall–Kier alpha value is -0.610. The molecule has 0 aliphatic heterocycles. The fourth-order valence-corrected chi connectivity index (χ4v) is 2.66. The van der Waals surface area contributed by atoms with Gasteiger partial charge >= 0.3 is 0 Å². The molecule has 0 aromatic carbocycles. The van der Waals surface area contributed by atoms with Crippen molar-refractivity contribution in [3.05, 3.63) is 10.6 Å². The molecular weight excluding hydrogens is 170 g/mol. The minimum Gasteiger partial charge on any atom is -0.375 e. The molecule has 0 amide bonds. The van der Waals surface area contributed by atoms with Gasteiger partial charge < -0.3 is 11.5 Å². The van der Waals surface area contributed by atoms with Gasteiger partial charge in [0.25, 0.3) is 0 Å². The molecule has 1 aromatic rings. The summed E-state index contributed by atoms with van der Waals surface area (Å²) in [5.41, 5.74) is 12.5. The minimum absolute atomic E-state index is 0.650. The number of anilines is 1. The highest BCUT2D eigenvalue weighted by Crippen LogP contribution is 2.30. The van der Waals surface area contributed by atoms with Gasteiger partial charge in [-0.3, -0.25) is 0 Å². The van der Waals surface area contributed by atoms with Crippen LogP contribution in [0.3, 0.4) is 0 Å². The largest absolute Gasteiger partial charge is 0.375 e. The average molecular weight is 183 g/mol. The third kappa shape index (κ3) is 1.32. The average Bonchev–Trinajstić information content (AvgIpc) is 2.43. The SMILES string of the molecule is NCC1CCc2nc(N)sc2C1. The number of nitrogen functional groups attached to an aromatic ring is 1. The monoisotopic (exact) mass is 183 g/mol. The lowest BCUT2D eigenvalue weighted by Crippen LogP contribution is -2.21. The molecule has 0 radical (unpaired) electrons. The van der Waals surface area contributed by atoms with Gasteiger partial charge in [0.2, 0.25) is 0 Å². The van der Waals surface area contributed by atoms with Crippen LogP contribution >= 0.6 is 11.3 Å². The fraction of sp³-hybridized carbons (Fsp3) is 0.625. The summed E-state index contributed by atoms with van der Waals surface area (Å²) in [6.07, 6.45) is 3.32. The summed E-state index contributed by atoms with van der Waals surface area (Å²) in [4.78, 5) is 5.63. The smallest absolute Gasteiger partial charge is 0.180 e. The van der Waals surface area contributed by atoms with Crippen molar-refractivity contribution < 1.29 is 0 Å². The zero-order valence-electron chi connectivity index (χ0n) is 6.92. The minimum atomic E-state index is 0.650. The third-order valence-corrected chi connectivity index (χ3v) is 3.34. The maximum Gasteiger partial charge on any atom is 0.180 e. The van der Waals surface area contributed by atoms with Crippen LogP contribution in [0.5, 0.6) is 0 Å². The van der Waals surface area contributed by atoms with Crippen LogP contribution in [0.2, 0.25) is 0 Å². The van der Waals surface area contributed by atoms with Crippen LogP contribution in [0, 0.1) is 5.92 Å². The molecule has 0 bridgehead atoms. The molecule has 1 aliphatic carbocycles. The van der Waals surface area contributed by atoms with Gasteiger partial charge in [-0.1, -0.05) is 0 Å². The van der Waals surface area contributed by atoms with E-state index < -0.39 is 0 Å². The molecule has 4 heteroatoms. The molecule has 1 aromatic heterocycles. The second kappa shape index (κ2) is 3.03. The Balaban J connectivity index is 2.22. The van der Waals surface area contributed by atoms with Gasteiger partial charge in [0.05, 0.1) is 5.69 Å². The topological polar surface area (TPSA) is 64.9 Å². The lowest BCUT2D eigenvalue weighted by Gasteiger charge is -2.18. The summed E-state index contributed by atoms with van der Waals surface area (Å²) in [5.74, 6) is 0.650. The van der Waals surface area contributed by atoms with E-state index in [1.165, 1.54) is 17.0 Å². The quantitative estimate of drug-likeness (QED) is 0.676. The molecule has 1 atom stereocenters. The van der Waals surface area contributed by atoms with Crippen molar-refractivity contribution >= 4 is 16.5 Å². The number of nitrogens with two attached hydrogens (primary N) is 2. The van der Waals surface area contributed by atoms with Crippen molar-refractivity contribution in [2.24, 2.45) is 11.7 Å². The molecule has 4 N–H and O–H groups in total. The van der Waals surface area contributed by atoms with Crippen molar-refractivity contribution in [1.82, 2.24) is 4.98 Å². The first kappa shape index (κ1) is 8.01. The van der Waals surface area contributed by atoms with Crippen molar-refractivity contribution in [1.29, 1.82) is 0 Å². The van der Waals surface area contributed by atoms with Crippen LogP contribution in [0.25, 0.3) is 0 Å². The van der Waals surface area contributed by atoms with Crippen molar-refractivity contribution in [2.75, 3.05) is 12.3 Å². The van der Waals surface area contributed by atoms with Crippen LogP contribution < -0.4 is 11.5 Å². The van der Waals surface area contributed by atoms with E-state index in [1.807, 2.05) is 0 Å². The Kier molecular flexibility index (Phi) is 2.02. The van der Waals surface area contributed by atoms with E-state index in [0.29, 0.717) is 11.0 Å². The first-order valence-corrected chi connectivity index (χ1v) is 5.05. The first-order chi connectivity index (χ1) is 5.79. The number of rotatable bonds is 1. The zero-order valence-corrected chi connectivity index (χ0v) is 7.73. The number of thiazole rings is 1. The fourth-order valence-electron chi connectivity index (χ4n) is 1.66. The van der Waals surface area contributed by atoms with Gasteiger partial charge in [-0.15, -0.1) is 11.3 Å². The molecule has 3 nitrogen and oxygen atoms in total. The third-order valence-electron chi connectivity index (χ3n) is 2.39. The van der Waals surface area contributed by atoms with E-state index >= 15 is 0 Å². The summed E-state index contributed by atoms with van der Waals surface area (Å²) >= 11 is 1.62. The molecule has 1 heterocycles. The van der Waals surface area contributed by atoms with Crippen LogP contribution in [-0.4, -0.2) is 11.5 Å². The first-order valence-electron chi connectivity index (χ1n) is 4.23. The standard InChI is InChI=1S/C8H13N3S/c9-4-5-1-2-6-7(3-5)12-8(10)11-6/h5H,1-4,9H2,(H2,10,11). The predicted octanol–water partition coefficient (Wildman–Crippen LogP) is 0.789. The molecule has 1 aliphatic rings. The van der Waals surface area contributed by atoms with Gasteiger partial charge in [0, 0.05) is 4.88 Å². The van der Waals surface area contributed by atoms with E-state index in [1.54, 1.807) is 11.3 Å². The molecule has 0 fully saturated rings. The number of hydrogen-bond acceptors (Lipinski definition) is 4. The number of aryl methyl sites for hydroxylation is 1. The van der Waals surface area contributed by atoms with Crippen LogP contribution in [0.15, 0.2) is 0 Å². The Bertz CT molecular complexity index is 282. The number of nitrogens with zero attached hydrogens (tertiary/aromatic N) is 1. The van der Waals surface area contributed by atoms with E-state index in [-0.39, 0.29) is 0 Å². The van der Waals surface area contributed by atoms with Crippen LogP contribution in [-0.2, 0) is 12.8 Å². The van der Waals surface area contributed by atoms with Crippen molar-refractivity contribution in [2.45, 2.75) is 19.3 Å². The molecule has 0 saturated carbocycles. The van der Waals surface area contributed by atoms with Gasteiger partial charge in [0.1, 0.15) is 0 Å². The lowest BCUT2D eigenvalue weighted by molar-refractivity contribution is 0.470. The predicted molar refractivity (Wildman–Crippen MR) is 51.1 cm³/mol. The molecule has 12 heavy (non-hydrogen) atoms. The Morgan fingerprint density at radius 1 is 1.58 bits per heavy atom. The molecule has 2 rings (SSSR count). The van der Waals surface area contributed by atoms with Crippen LogP contribution in [0.1, 0.15) is 17.0 Å². The number of hydrogen-bond donors (Lipinski definition) is 2. The van der Waals surface area contributed by atoms with E-state index in [0.717, 1.165) is 19.4 Å². The summed E-state index contributed by atoms with van der Waals surface area (Å²) < 4.78 is 0. The molecule has 0 saturated heterocycles. The van der Waals surface area contributed by atoms with E-state index in [4.69, 9.17) is 11.5 Å². The molecular formula is C8H13N3S. The van der Waals surface area contributed by atoms with Crippen LogP contribution in [0.4, 0.5) is 5.13 Å². The normalized spacial score (nSPS) is 22.2. The second-order valence-corrected chi connectivity index (χ2v) is 4.38. The van der Waals surface area contributed by atoms with E-state index in [2.05, 4.69) is 4.98 Å². The summed E-state index contributed by atoms with van der Waals surface area (Å²) in [7, 11) is 0. The lowest BCUT2D eigenvalue weighted by atomic mass is 9.91. The molecule has 0 spiro atoms. The highest BCUT2D eigenvalue weighted by molar-refractivity contribution is 7.15. The summed E-state index contributed by atoms with van der Waals surface area (Å²) in [6.45, 7) is 0.789. The summed E-state index contributed by atoms with van der Waals surface area (Å²) in [5, 5.41) is 0.706. The maximum atomic E-state index is 5.62. The highest BCUT2D eigenvalue weighted by atomic mass is 32.1. The van der Waals surface area contributed by atoms with Gasteiger partial charge in [0.15, 0.2) is 5.13 Å². The zero-order chi connectivity index (χ0) is 8.55. The van der Waals surface area contributed by atoms with E-state index in [9.17, 15) is 0 Å². The van der Waals surface area contributed by atoms with Gasteiger partial charge in [-0.2, -0.15) is 0 Å². The molecule has 1 unspecified atom stereocenters. The Morgan fingerprint density at radius 3 is 3.17 bits per heavy atom. The number of aromatic nitrogens is 1. The maximum absolute atomic E-state index is 5.62. The number of fused-ring (bicyclic) bond motifs is 1. The summed E-state index contributed by atoms with van der Waals surface area (Å²) in [6, 6.07) is 0. The van der Waals surface area contributed by atoms with Crippen molar-refractivity contribution in [3.63, 3.8) is 0 Å². The van der Waals surface area contributed by atoms with Crippen molar-refractivity contribution in [3.8, 4) is 0 Å². The highest BCUT2D eigenvalue weighted by Gasteiger charge is 2.20. The Morgan fingerprint density at radius 2 is 2.42 bits per heavy atom. The van der Waals surface area contributed by atoms with Gasteiger partial charge in [-0.25, -0.2) is 4.98 Å². The molecule has 66 valence electrons. The second-order valence-electron chi connectivity index (χ2n) is 3.27. The Labute approximate surface area is 75.8 Å². The van der Waals surface area contributed by atoms with Gasteiger partial charge in [-0.05, 0) is 31.7 Å².